The lowest BCUT2D eigenvalue weighted by Gasteiger charge is -2.10. The van der Waals surface area contributed by atoms with E-state index in [-0.39, 0.29) is 22.4 Å². The molecular formula is C16H17N3O4S. The number of rotatable bonds is 5. The van der Waals surface area contributed by atoms with Gasteiger partial charge < -0.3 is 10.6 Å². The molecule has 0 aromatic heterocycles. The van der Waals surface area contributed by atoms with E-state index in [0.29, 0.717) is 11.3 Å². The quantitative estimate of drug-likeness (QED) is 0.767. The van der Waals surface area contributed by atoms with Gasteiger partial charge in [-0.1, -0.05) is 6.07 Å². The highest BCUT2D eigenvalue weighted by Gasteiger charge is 2.15. The van der Waals surface area contributed by atoms with Crippen molar-refractivity contribution in [1.82, 2.24) is 5.32 Å². The largest absolute Gasteiger partial charge is 0.355 e. The van der Waals surface area contributed by atoms with E-state index >= 15 is 0 Å². The molecule has 0 bridgehead atoms. The molecule has 2 aromatic rings. The Morgan fingerprint density at radius 1 is 0.958 bits per heavy atom. The lowest BCUT2D eigenvalue weighted by atomic mass is 10.2. The minimum absolute atomic E-state index is 0.0435. The summed E-state index contributed by atoms with van der Waals surface area (Å²) in [6.07, 6.45) is 0. The summed E-state index contributed by atoms with van der Waals surface area (Å²) in [7, 11) is -2.31. The monoisotopic (exact) mass is 347 g/mol. The first-order valence-corrected chi connectivity index (χ1v) is 8.53. The Balaban J connectivity index is 2.22. The number of amides is 2. The third-order valence-electron chi connectivity index (χ3n) is 3.09. The fourth-order valence-electron chi connectivity index (χ4n) is 2.00. The van der Waals surface area contributed by atoms with Crippen LogP contribution in [0.3, 0.4) is 0 Å². The molecule has 8 heteroatoms. The molecule has 24 heavy (non-hydrogen) atoms. The Morgan fingerprint density at radius 2 is 1.62 bits per heavy atom. The Kier molecular flexibility index (Phi) is 5.20. The average molecular weight is 347 g/mol. The van der Waals surface area contributed by atoms with Gasteiger partial charge in [-0.3, -0.25) is 14.3 Å². The number of hydrogen-bond acceptors (Lipinski definition) is 4. The highest BCUT2D eigenvalue weighted by atomic mass is 32.2. The number of benzene rings is 2. The van der Waals surface area contributed by atoms with Crippen molar-refractivity contribution in [3.8, 4) is 0 Å². The van der Waals surface area contributed by atoms with Crippen LogP contribution in [0, 0.1) is 0 Å². The van der Waals surface area contributed by atoms with E-state index < -0.39 is 10.0 Å². The summed E-state index contributed by atoms with van der Waals surface area (Å²) in [5, 5.41) is 5.04. The number of hydrogen-bond donors (Lipinski definition) is 3. The molecule has 0 aliphatic rings. The highest BCUT2D eigenvalue weighted by Crippen LogP contribution is 2.19. The summed E-state index contributed by atoms with van der Waals surface area (Å²) in [5.41, 5.74) is 1.13. The Labute approximate surface area is 140 Å². The summed E-state index contributed by atoms with van der Waals surface area (Å²) in [6.45, 7) is 1.37. The topological polar surface area (TPSA) is 104 Å². The molecule has 0 radical (unpaired) electrons. The van der Waals surface area contributed by atoms with Gasteiger partial charge in [-0.15, -0.1) is 0 Å². The number of carbonyl (C=O) groups is 2. The smallest absolute Gasteiger partial charge is 0.261 e. The summed E-state index contributed by atoms with van der Waals surface area (Å²) < 4.78 is 27.2. The van der Waals surface area contributed by atoms with Gasteiger partial charge in [0.15, 0.2) is 0 Å². The molecule has 2 rings (SSSR count). The van der Waals surface area contributed by atoms with Crippen molar-refractivity contribution in [2.45, 2.75) is 11.8 Å². The second-order valence-electron chi connectivity index (χ2n) is 4.97. The molecule has 126 valence electrons. The molecule has 2 aromatic carbocycles. The van der Waals surface area contributed by atoms with Crippen LogP contribution < -0.4 is 15.4 Å². The maximum absolute atomic E-state index is 12.4. The number of nitrogens with one attached hydrogen (secondary N) is 3. The van der Waals surface area contributed by atoms with E-state index in [1.807, 2.05) is 0 Å². The summed E-state index contributed by atoms with van der Waals surface area (Å²) >= 11 is 0. The molecule has 0 aliphatic heterocycles. The molecule has 2 amide bonds. The van der Waals surface area contributed by atoms with Gasteiger partial charge in [-0.2, -0.15) is 0 Å². The SMILES string of the molecule is CNC(=O)c1cccc(NS(=O)(=O)c2ccc(NC(C)=O)cc2)c1. The molecule has 0 spiro atoms. The maximum atomic E-state index is 12.4. The van der Waals surface area contributed by atoms with Crippen LogP contribution >= 0.6 is 0 Å². The van der Waals surface area contributed by atoms with Crippen LogP contribution in [0.25, 0.3) is 0 Å². The van der Waals surface area contributed by atoms with Crippen LogP contribution in [-0.4, -0.2) is 27.3 Å². The third kappa shape index (κ3) is 4.32. The lowest BCUT2D eigenvalue weighted by molar-refractivity contribution is -0.114. The van der Waals surface area contributed by atoms with Gasteiger partial charge in [-0.05, 0) is 42.5 Å². The normalized spacial score (nSPS) is 10.8. The summed E-state index contributed by atoms with van der Waals surface area (Å²) in [6, 6.07) is 11.9. The van der Waals surface area contributed by atoms with Crippen LogP contribution in [0.1, 0.15) is 17.3 Å². The van der Waals surface area contributed by atoms with Gasteiger partial charge in [0.2, 0.25) is 5.91 Å². The zero-order valence-corrected chi connectivity index (χ0v) is 14.0. The molecule has 0 heterocycles. The molecule has 0 aliphatic carbocycles. The zero-order chi connectivity index (χ0) is 17.7. The predicted molar refractivity (Wildman–Crippen MR) is 91.4 cm³/mol. The molecule has 0 saturated carbocycles. The van der Waals surface area contributed by atoms with E-state index in [2.05, 4.69) is 15.4 Å². The minimum atomic E-state index is -3.80. The van der Waals surface area contributed by atoms with Crippen molar-refractivity contribution >= 4 is 33.2 Å². The molecular weight excluding hydrogens is 330 g/mol. The third-order valence-corrected chi connectivity index (χ3v) is 4.49. The van der Waals surface area contributed by atoms with E-state index in [0.717, 1.165) is 0 Å². The van der Waals surface area contributed by atoms with Crippen molar-refractivity contribution in [3.63, 3.8) is 0 Å². The van der Waals surface area contributed by atoms with Gasteiger partial charge in [-0.25, -0.2) is 8.42 Å². The Bertz CT molecular complexity index is 861. The number of carbonyl (C=O) groups excluding carboxylic acids is 2. The molecule has 3 N–H and O–H groups in total. The molecule has 0 atom stereocenters. The summed E-state index contributed by atoms with van der Waals surface area (Å²) in [5.74, 6) is -0.551. The molecule has 0 unspecified atom stereocenters. The van der Waals surface area contributed by atoms with Gasteiger partial charge >= 0.3 is 0 Å². The van der Waals surface area contributed by atoms with Crippen LogP contribution in [-0.2, 0) is 14.8 Å². The molecule has 0 fully saturated rings. The molecule has 7 nitrogen and oxygen atoms in total. The second-order valence-corrected chi connectivity index (χ2v) is 6.65. The fourth-order valence-corrected chi connectivity index (χ4v) is 3.05. The van der Waals surface area contributed by atoms with Crippen molar-refractivity contribution in [2.75, 3.05) is 17.1 Å². The van der Waals surface area contributed by atoms with E-state index in [9.17, 15) is 18.0 Å². The summed E-state index contributed by atoms with van der Waals surface area (Å²) in [4.78, 5) is 22.6. The zero-order valence-electron chi connectivity index (χ0n) is 13.2. The minimum Gasteiger partial charge on any atom is -0.355 e. The fraction of sp³-hybridized carbons (Fsp3) is 0.125. The van der Waals surface area contributed by atoms with Crippen LogP contribution in [0.15, 0.2) is 53.4 Å². The maximum Gasteiger partial charge on any atom is 0.261 e. The van der Waals surface area contributed by atoms with E-state index in [4.69, 9.17) is 0 Å². The number of anilines is 2. The molecule has 0 saturated heterocycles. The van der Waals surface area contributed by atoms with Gasteiger partial charge in [0.25, 0.3) is 15.9 Å². The van der Waals surface area contributed by atoms with Crippen molar-refractivity contribution < 1.29 is 18.0 Å². The Hall–Kier alpha value is -2.87. The van der Waals surface area contributed by atoms with Crippen LogP contribution in [0.5, 0.6) is 0 Å². The van der Waals surface area contributed by atoms with Crippen molar-refractivity contribution in [2.24, 2.45) is 0 Å². The Morgan fingerprint density at radius 3 is 2.21 bits per heavy atom. The van der Waals surface area contributed by atoms with Gasteiger partial charge in [0.05, 0.1) is 4.90 Å². The first kappa shape index (κ1) is 17.5. The average Bonchev–Trinajstić information content (AvgIpc) is 2.54. The van der Waals surface area contributed by atoms with Gasteiger partial charge in [0.1, 0.15) is 0 Å². The van der Waals surface area contributed by atoms with Crippen LogP contribution in [0.4, 0.5) is 11.4 Å². The van der Waals surface area contributed by atoms with E-state index in [1.165, 1.54) is 44.3 Å². The second kappa shape index (κ2) is 7.14. The van der Waals surface area contributed by atoms with Gasteiger partial charge in [0, 0.05) is 30.9 Å². The standard InChI is InChI=1S/C16H17N3O4S/c1-11(20)18-13-6-8-15(9-7-13)24(22,23)19-14-5-3-4-12(10-14)16(21)17-2/h3-10,19H,1-2H3,(H,17,21)(H,18,20). The first-order chi connectivity index (χ1) is 11.3. The van der Waals surface area contributed by atoms with Crippen molar-refractivity contribution in [1.29, 1.82) is 0 Å². The highest BCUT2D eigenvalue weighted by molar-refractivity contribution is 7.92. The first-order valence-electron chi connectivity index (χ1n) is 7.04. The predicted octanol–water partition coefficient (Wildman–Crippen LogP) is 1.81. The van der Waals surface area contributed by atoms with E-state index in [1.54, 1.807) is 18.2 Å². The lowest BCUT2D eigenvalue weighted by Crippen LogP contribution is -2.18. The van der Waals surface area contributed by atoms with Crippen LogP contribution in [0.2, 0.25) is 0 Å². The van der Waals surface area contributed by atoms with Crippen molar-refractivity contribution in [3.05, 3.63) is 54.1 Å². The number of sulfonamides is 1.